The van der Waals surface area contributed by atoms with E-state index in [4.69, 9.17) is 0 Å². The highest BCUT2D eigenvalue weighted by atomic mass is 32.2. The zero-order valence-corrected chi connectivity index (χ0v) is 16.5. The molecule has 4 aromatic rings. The van der Waals surface area contributed by atoms with Crippen LogP contribution in [0.5, 0.6) is 0 Å². The van der Waals surface area contributed by atoms with Gasteiger partial charge in [0.05, 0.1) is 6.54 Å². The molecule has 1 N–H and O–H groups in total. The molecule has 4 nitrogen and oxygen atoms in total. The largest absolute Gasteiger partial charge is 0.378 e. The summed E-state index contributed by atoms with van der Waals surface area (Å²) in [4.78, 5) is 0. The molecule has 8 heteroatoms. The van der Waals surface area contributed by atoms with Crippen LogP contribution in [-0.2, 0) is 12.3 Å². The summed E-state index contributed by atoms with van der Waals surface area (Å²) in [6.45, 7) is 0.364. The van der Waals surface area contributed by atoms with Gasteiger partial charge in [0, 0.05) is 22.7 Å². The summed E-state index contributed by atoms with van der Waals surface area (Å²) in [6, 6.07) is 19.3. The molecular weight excluding hydrogens is 409 g/mol. The lowest BCUT2D eigenvalue weighted by atomic mass is 10.2. The van der Waals surface area contributed by atoms with Gasteiger partial charge < -0.3 is 5.32 Å². The summed E-state index contributed by atoms with van der Waals surface area (Å²) in [6.07, 6.45) is 0. The van der Waals surface area contributed by atoms with Gasteiger partial charge in [-0.25, -0.2) is 13.2 Å². The van der Waals surface area contributed by atoms with Crippen molar-refractivity contribution in [3.05, 3.63) is 102 Å². The van der Waals surface area contributed by atoms with Gasteiger partial charge in [0.1, 0.15) is 17.5 Å². The van der Waals surface area contributed by atoms with Crippen LogP contribution < -0.4 is 5.32 Å². The van der Waals surface area contributed by atoms with E-state index in [0.717, 1.165) is 17.4 Å². The zero-order valence-electron chi connectivity index (χ0n) is 15.7. The number of nitrogens with one attached hydrogen (secondary N) is 1. The van der Waals surface area contributed by atoms with Crippen LogP contribution >= 0.6 is 11.8 Å². The molecule has 0 radical (unpaired) electrons. The number of thioether (sulfide) groups is 1. The molecule has 0 saturated carbocycles. The minimum absolute atomic E-state index is 0.0277. The number of hydrogen-bond donors (Lipinski definition) is 1. The molecule has 0 atom stereocenters. The van der Waals surface area contributed by atoms with Crippen LogP contribution in [0.15, 0.2) is 78.0 Å². The second-order valence-electron chi connectivity index (χ2n) is 6.42. The Labute approximate surface area is 175 Å². The van der Waals surface area contributed by atoms with Crippen molar-refractivity contribution in [3.63, 3.8) is 0 Å². The maximum atomic E-state index is 14.0. The number of para-hydroxylation sites is 1. The van der Waals surface area contributed by atoms with Crippen molar-refractivity contribution in [2.75, 3.05) is 5.32 Å². The average Bonchev–Trinajstić information content (AvgIpc) is 3.16. The van der Waals surface area contributed by atoms with Crippen LogP contribution in [-0.4, -0.2) is 14.8 Å². The van der Waals surface area contributed by atoms with E-state index in [9.17, 15) is 13.2 Å². The highest BCUT2D eigenvalue weighted by molar-refractivity contribution is 7.98. The first-order valence-corrected chi connectivity index (χ1v) is 10.2. The van der Waals surface area contributed by atoms with Crippen LogP contribution in [0.4, 0.5) is 18.9 Å². The lowest BCUT2D eigenvalue weighted by Crippen LogP contribution is -2.08. The second kappa shape index (κ2) is 9.04. The van der Waals surface area contributed by atoms with Gasteiger partial charge in [0.25, 0.3) is 0 Å². The minimum atomic E-state index is -0.610. The number of halogens is 3. The first-order chi connectivity index (χ1) is 14.6. The molecule has 30 heavy (non-hydrogen) atoms. The fourth-order valence-electron chi connectivity index (χ4n) is 2.90. The van der Waals surface area contributed by atoms with Crippen molar-refractivity contribution in [3.8, 4) is 5.69 Å². The molecule has 0 bridgehead atoms. The first-order valence-electron chi connectivity index (χ1n) is 9.16. The highest BCUT2D eigenvalue weighted by Crippen LogP contribution is 2.28. The summed E-state index contributed by atoms with van der Waals surface area (Å²) in [5, 5.41) is 12.1. The van der Waals surface area contributed by atoms with E-state index in [1.165, 1.54) is 30.3 Å². The number of anilines is 1. The predicted octanol–water partition coefficient (Wildman–Crippen LogP) is 5.59. The van der Waals surface area contributed by atoms with Crippen molar-refractivity contribution in [2.24, 2.45) is 0 Å². The lowest BCUT2D eigenvalue weighted by Gasteiger charge is -2.12. The van der Waals surface area contributed by atoms with Crippen molar-refractivity contribution in [1.82, 2.24) is 14.8 Å². The van der Waals surface area contributed by atoms with E-state index < -0.39 is 11.6 Å². The fourth-order valence-corrected chi connectivity index (χ4v) is 3.89. The minimum Gasteiger partial charge on any atom is -0.378 e. The molecule has 0 amide bonds. The van der Waals surface area contributed by atoms with Crippen LogP contribution in [0.1, 0.15) is 11.4 Å². The van der Waals surface area contributed by atoms with E-state index >= 15 is 0 Å². The summed E-state index contributed by atoms with van der Waals surface area (Å²) in [5.41, 5.74) is 1.54. The van der Waals surface area contributed by atoms with Crippen molar-refractivity contribution in [2.45, 2.75) is 17.5 Å². The summed E-state index contributed by atoms with van der Waals surface area (Å²) < 4.78 is 43.1. The Morgan fingerprint density at radius 2 is 1.50 bits per heavy atom. The van der Waals surface area contributed by atoms with E-state index in [0.29, 0.717) is 23.2 Å². The number of aromatic nitrogens is 3. The normalized spacial score (nSPS) is 10.9. The van der Waals surface area contributed by atoms with Crippen molar-refractivity contribution < 1.29 is 13.2 Å². The Kier molecular flexibility index (Phi) is 6.04. The van der Waals surface area contributed by atoms with Crippen molar-refractivity contribution >= 4 is 17.4 Å². The topological polar surface area (TPSA) is 42.7 Å². The van der Waals surface area contributed by atoms with Gasteiger partial charge >= 0.3 is 0 Å². The molecule has 3 aromatic carbocycles. The van der Waals surface area contributed by atoms with Crippen LogP contribution in [0.3, 0.4) is 0 Å². The molecule has 4 rings (SSSR count). The Bertz CT molecular complexity index is 1110. The standard InChI is InChI=1S/C22H17F3N4S/c23-15-9-11-17(12-10-15)29-21(13-26-16-5-2-1-3-6-16)27-28-22(29)30-14-18-19(24)7-4-8-20(18)25/h1-12,26H,13-14H2. The lowest BCUT2D eigenvalue weighted by molar-refractivity contribution is 0.566. The zero-order chi connectivity index (χ0) is 20.9. The molecule has 1 aromatic heterocycles. The van der Waals surface area contributed by atoms with E-state index in [2.05, 4.69) is 15.5 Å². The molecule has 152 valence electrons. The van der Waals surface area contributed by atoms with E-state index in [1.807, 2.05) is 30.3 Å². The maximum absolute atomic E-state index is 14.0. The molecule has 0 aliphatic rings. The van der Waals surface area contributed by atoms with Gasteiger partial charge in [-0.1, -0.05) is 36.0 Å². The van der Waals surface area contributed by atoms with Gasteiger partial charge in [-0.05, 0) is 48.5 Å². The smallest absolute Gasteiger partial charge is 0.196 e. The monoisotopic (exact) mass is 426 g/mol. The third-order valence-electron chi connectivity index (χ3n) is 4.42. The summed E-state index contributed by atoms with van der Waals surface area (Å²) in [7, 11) is 0. The summed E-state index contributed by atoms with van der Waals surface area (Å²) in [5.74, 6) is -0.952. The number of nitrogens with zero attached hydrogens (tertiary/aromatic N) is 3. The van der Waals surface area contributed by atoms with Gasteiger partial charge in [-0.2, -0.15) is 0 Å². The number of rotatable bonds is 7. The molecule has 0 saturated heterocycles. The first kappa shape index (κ1) is 20.0. The molecule has 0 fully saturated rings. The molecule has 0 spiro atoms. The van der Waals surface area contributed by atoms with Gasteiger partial charge in [0.2, 0.25) is 0 Å². The Balaban J connectivity index is 1.62. The van der Waals surface area contributed by atoms with E-state index in [-0.39, 0.29) is 17.1 Å². The quantitative estimate of drug-likeness (QED) is 0.391. The third kappa shape index (κ3) is 4.49. The molecule has 0 aliphatic carbocycles. The Morgan fingerprint density at radius 3 is 2.20 bits per heavy atom. The third-order valence-corrected chi connectivity index (χ3v) is 5.37. The predicted molar refractivity (Wildman–Crippen MR) is 111 cm³/mol. The highest BCUT2D eigenvalue weighted by Gasteiger charge is 2.17. The van der Waals surface area contributed by atoms with Gasteiger partial charge in [-0.3, -0.25) is 4.57 Å². The Hall–Kier alpha value is -3.26. The van der Waals surface area contributed by atoms with E-state index in [1.54, 1.807) is 16.7 Å². The van der Waals surface area contributed by atoms with Crippen molar-refractivity contribution in [1.29, 1.82) is 0 Å². The molecular formula is C22H17F3N4S. The van der Waals surface area contributed by atoms with Crippen LogP contribution in [0.25, 0.3) is 5.69 Å². The SMILES string of the molecule is Fc1ccc(-n2c(CNc3ccccc3)nnc2SCc2c(F)cccc2F)cc1. The molecule has 0 unspecified atom stereocenters. The second-order valence-corrected chi connectivity index (χ2v) is 7.36. The Morgan fingerprint density at radius 1 is 0.800 bits per heavy atom. The number of benzene rings is 3. The van der Waals surface area contributed by atoms with Crippen LogP contribution in [0.2, 0.25) is 0 Å². The fraction of sp³-hybridized carbons (Fsp3) is 0.0909. The van der Waals surface area contributed by atoms with Crippen LogP contribution in [0, 0.1) is 17.5 Å². The average molecular weight is 426 g/mol. The molecule has 1 heterocycles. The van der Waals surface area contributed by atoms with Gasteiger partial charge in [-0.15, -0.1) is 10.2 Å². The van der Waals surface area contributed by atoms with Gasteiger partial charge in [0.15, 0.2) is 11.0 Å². The maximum Gasteiger partial charge on any atom is 0.196 e. The molecule has 0 aliphatic heterocycles. The summed E-state index contributed by atoms with van der Waals surface area (Å²) >= 11 is 1.16. The number of hydrogen-bond acceptors (Lipinski definition) is 4.